The molecule has 0 aliphatic carbocycles. The quantitative estimate of drug-likeness (QED) is 0.271. The number of ether oxygens (including phenoxy) is 1. The van der Waals surface area contributed by atoms with Crippen molar-refractivity contribution in [1.82, 2.24) is 0 Å². The van der Waals surface area contributed by atoms with Gasteiger partial charge < -0.3 is 35.4 Å². The van der Waals surface area contributed by atoms with Gasteiger partial charge in [0, 0.05) is 7.11 Å². The average molecular weight is 445 g/mol. The van der Waals surface area contributed by atoms with Gasteiger partial charge in [-0.2, -0.15) is 0 Å². The highest BCUT2D eigenvalue weighted by atomic mass is 16.5. The molecule has 1 rings (SSSR count). The van der Waals surface area contributed by atoms with E-state index in [1.165, 1.54) is 0 Å². The number of aliphatic hydroxyl groups excluding tert-OH is 5. The van der Waals surface area contributed by atoms with E-state index >= 15 is 0 Å². The van der Waals surface area contributed by atoms with Crippen molar-refractivity contribution in [3.05, 3.63) is 42.0 Å². The van der Waals surface area contributed by atoms with E-state index < -0.39 is 49.2 Å². The van der Waals surface area contributed by atoms with E-state index in [9.17, 15) is 19.8 Å². The predicted octanol–water partition coefficient (Wildman–Crippen LogP) is 0.814. The lowest BCUT2D eigenvalue weighted by molar-refractivity contribution is -0.163. The van der Waals surface area contributed by atoms with Gasteiger partial charge >= 0.3 is 11.9 Å². The van der Waals surface area contributed by atoms with Crippen LogP contribution in [0.15, 0.2) is 30.8 Å². The van der Waals surface area contributed by atoms with Crippen LogP contribution in [0.2, 0.25) is 0 Å². The molecule has 9 nitrogen and oxygen atoms in total. The Kier molecular flexibility index (Phi) is 16.3. The summed E-state index contributed by atoms with van der Waals surface area (Å²) in [6, 6.07) is 7.44. The van der Waals surface area contributed by atoms with E-state index in [4.69, 9.17) is 25.2 Å². The summed E-state index contributed by atoms with van der Waals surface area (Å²) in [6.07, 6.45) is 2.29. The first kappa shape index (κ1) is 30.9. The van der Waals surface area contributed by atoms with Gasteiger partial charge in [0.05, 0.1) is 26.4 Å². The number of rotatable bonds is 11. The molecule has 0 unspecified atom stereocenters. The molecule has 1 aromatic rings. The first-order valence-corrected chi connectivity index (χ1v) is 9.74. The average Bonchev–Trinajstić information content (AvgIpc) is 2.82. The Morgan fingerprint density at radius 2 is 1.32 bits per heavy atom. The molecule has 0 aliphatic heterocycles. The van der Waals surface area contributed by atoms with Crippen molar-refractivity contribution in [2.75, 3.05) is 33.5 Å². The minimum Gasteiger partial charge on any atom is -0.481 e. The van der Waals surface area contributed by atoms with Crippen LogP contribution in [0.4, 0.5) is 0 Å². The number of aliphatic carboxylic acids is 1. The molecular weight excluding hydrogens is 408 g/mol. The fraction of sp³-hybridized carbons (Fsp3) is 0.545. The first-order valence-electron chi connectivity index (χ1n) is 9.74. The molecule has 31 heavy (non-hydrogen) atoms. The molecular formula is C22H36O9. The summed E-state index contributed by atoms with van der Waals surface area (Å²) in [5.41, 5.74) is -0.718. The zero-order valence-corrected chi connectivity index (χ0v) is 18.5. The van der Waals surface area contributed by atoms with Gasteiger partial charge in [0.1, 0.15) is 17.4 Å². The third kappa shape index (κ3) is 9.16. The van der Waals surface area contributed by atoms with Gasteiger partial charge in [-0.15, -0.1) is 0 Å². The SMILES string of the molecule is C=Cc1ccc(COC(=O)C(CC)(CO)CO)cc1.CCC(CO)(CO)C(=O)O.CO. The monoisotopic (exact) mass is 444 g/mol. The summed E-state index contributed by atoms with van der Waals surface area (Å²) < 4.78 is 5.15. The molecule has 0 saturated carbocycles. The maximum Gasteiger partial charge on any atom is 0.317 e. The zero-order valence-electron chi connectivity index (χ0n) is 18.5. The number of hydrogen-bond donors (Lipinski definition) is 6. The van der Waals surface area contributed by atoms with Gasteiger partial charge in [-0.1, -0.05) is 50.8 Å². The van der Waals surface area contributed by atoms with Crippen molar-refractivity contribution in [2.24, 2.45) is 10.8 Å². The summed E-state index contributed by atoms with van der Waals surface area (Å²) >= 11 is 0. The van der Waals surface area contributed by atoms with Crippen LogP contribution in [0.5, 0.6) is 0 Å². The number of hydrogen-bond acceptors (Lipinski definition) is 8. The number of esters is 1. The summed E-state index contributed by atoms with van der Waals surface area (Å²) in [5.74, 6) is -1.73. The standard InChI is InChI=1S/C15H20O4.C6H12O4.CH4O/c1-3-12-5-7-13(8-6-12)9-19-14(18)15(4-2,10-16)11-17;1-2-6(3-7,4-8)5(9)10;1-2/h3,5-8,16-17H,1,4,9-11H2,2H3;7-8H,2-4H2,1H3,(H,9,10);2H,1H3. The molecule has 6 N–H and O–H groups in total. The largest absolute Gasteiger partial charge is 0.481 e. The lowest BCUT2D eigenvalue weighted by Gasteiger charge is -2.25. The fourth-order valence-corrected chi connectivity index (χ4v) is 2.16. The van der Waals surface area contributed by atoms with Crippen molar-refractivity contribution < 1.29 is 45.0 Å². The van der Waals surface area contributed by atoms with Crippen LogP contribution in [0.3, 0.4) is 0 Å². The normalized spacial score (nSPS) is 10.7. The zero-order chi connectivity index (χ0) is 24.5. The van der Waals surface area contributed by atoms with Gasteiger partial charge in [-0.3, -0.25) is 9.59 Å². The topological polar surface area (TPSA) is 165 Å². The molecule has 1 aromatic carbocycles. The Balaban J connectivity index is 0. The van der Waals surface area contributed by atoms with Crippen LogP contribution < -0.4 is 0 Å². The highest BCUT2D eigenvalue weighted by molar-refractivity contribution is 5.77. The molecule has 0 saturated heterocycles. The van der Waals surface area contributed by atoms with Crippen LogP contribution in [0.1, 0.15) is 37.8 Å². The third-order valence-electron chi connectivity index (χ3n) is 5.04. The van der Waals surface area contributed by atoms with Crippen LogP contribution in [0, 0.1) is 10.8 Å². The van der Waals surface area contributed by atoms with Crippen LogP contribution in [0.25, 0.3) is 6.08 Å². The van der Waals surface area contributed by atoms with E-state index in [0.717, 1.165) is 18.2 Å². The van der Waals surface area contributed by atoms with Crippen molar-refractivity contribution in [1.29, 1.82) is 0 Å². The van der Waals surface area contributed by atoms with Gasteiger partial charge in [-0.25, -0.2) is 0 Å². The molecule has 0 atom stereocenters. The molecule has 178 valence electrons. The molecule has 0 radical (unpaired) electrons. The number of carboxylic acids is 1. The minimum atomic E-state index is -1.35. The minimum absolute atomic E-state index is 0.123. The van der Waals surface area contributed by atoms with E-state index in [1.54, 1.807) is 19.9 Å². The number of aliphatic hydroxyl groups is 5. The summed E-state index contributed by atoms with van der Waals surface area (Å²) in [4.78, 5) is 22.3. The molecule has 0 aliphatic rings. The predicted molar refractivity (Wildman–Crippen MR) is 116 cm³/mol. The number of benzene rings is 1. The summed E-state index contributed by atoms with van der Waals surface area (Å²) in [6.45, 7) is 5.24. The lowest BCUT2D eigenvalue weighted by atomic mass is 9.87. The number of carbonyl (C=O) groups excluding carboxylic acids is 1. The Morgan fingerprint density at radius 3 is 1.58 bits per heavy atom. The number of carboxylic acid groups (broad SMARTS) is 1. The van der Waals surface area contributed by atoms with Crippen molar-refractivity contribution in [2.45, 2.75) is 33.3 Å². The van der Waals surface area contributed by atoms with Gasteiger partial charge in [0.2, 0.25) is 0 Å². The van der Waals surface area contributed by atoms with Gasteiger partial charge in [-0.05, 0) is 24.0 Å². The number of carbonyl (C=O) groups is 2. The Morgan fingerprint density at radius 1 is 0.903 bits per heavy atom. The molecule has 0 bridgehead atoms. The van der Waals surface area contributed by atoms with Crippen molar-refractivity contribution in [3.8, 4) is 0 Å². The maximum atomic E-state index is 11.9. The molecule has 0 amide bonds. The highest BCUT2D eigenvalue weighted by Crippen LogP contribution is 2.23. The Bertz CT molecular complexity index is 616. The first-order chi connectivity index (χ1) is 14.7. The fourth-order valence-electron chi connectivity index (χ4n) is 2.16. The second-order valence-electron chi connectivity index (χ2n) is 6.73. The van der Waals surface area contributed by atoms with Crippen molar-refractivity contribution in [3.63, 3.8) is 0 Å². The van der Waals surface area contributed by atoms with E-state index in [0.29, 0.717) is 6.42 Å². The smallest absolute Gasteiger partial charge is 0.317 e. The van der Waals surface area contributed by atoms with Crippen LogP contribution in [-0.4, -0.2) is 76.1 Å². The summed E-state index contributed by atoms with van der Waals surface area (Å²) in [7, 11) is 1.00. The third-order valence-corrected chi connectivity index (χ3v) is 5.04. The Hall–Kier alpha value is -2.30. The summed E-state index contributed by atoms with van der Waals surface area (Å²) in [5, 5.41) is 51.2. The Labute approximate surface area is 183 Å². The van der Waals surface area contributed by atoms with E-state index in [1.807, 2.05) is 24.3 Å². The van der Waals surface area contributed by atoms with Gasteiger partial charge in [0.25, 0.3) is 0 Å². The van der Waals surface area contributed by atoms with Crippen molar-refractivity contribution >= 4 is 18.0 Å². The molecule has 0 fully saturated rings. The molecule has 0 spiro atoms. The lowest BCUT2D eigenvalue weighted by Crippen LogP contribution is -2.39. The van der Waals surface area contributed by atoms with Crippen LogP contribution >= 0.6 is 0 Å². The molecule has 0 heterocycles. The highest BCUT2D eigenvalue weighted by Gasteiger charge is 2.37. The van der Waals surface area contributed by atoms with E-state index in [2.05, 4.69) is 6.58 Å². The maximum absolute atomic E-state index is 11.9. The second kappa shape index (κ2) is 16.4. The van der Waals surface area contributed by atoms with Gasteiger partial charge in [0.15, 0.2) is 0 Å². The molecule has 9 heteroatoms. The van der Waals surface area contributed by atoms with E-state index in [-0.39, 0.29) is 13.0 Å². The molecule has 0 aromatic heterocycles. The van der Waals surface area contributed by atoms with Crippen LogP contribution in [-0.2, 0) is 20.9 Å². The second-order valence-corrected chi connectivity index (χ2v) is 6.73.